The molecule has 1 aromatic rings. The van der Waals surface area contributed by atoms with Crippen LogP contribution in [0.5, 0.6) is 11.5 Å². The van der Waals surface area contributed by atoms with Crippen LogP contribution in [0.2, 0.25) is 0 Å². The normalized spacial score (nSPS) is 19.6. The molecule has 2 N–H and O–H groups in total. The van der Waals surface area contributed by atoms with Gasteiger partial charge in [0.25, 0.3) is 5.91 Å². The summed E-state index contributed by atoms with van der Waals surface area (Å²) in [7, 11) is 3.61. The lowest BCUT2D eigenvalue weighted by atomic mass is 10.0. The number of ether oxygens (including phenoxy) is 1. The van der Waals surface area contributed by atoms with Gasteiger partial charge in [0, 0.05) is 18.7 Å². The molecular formula is C15H22N2O3. The van der Waals surface area contributed by atoms with Crippen LogP contribution < -0.4 is 10.1 Å². The van der Waals surface area contributed by atoms with Crippen molar-refractivity contribution in [3.05, 3.63) is 23.8 Å². The van der Waals surface area contributed by atoms with Gasteiger partial charge in [-0.1, -0.05) is 6.42 Å². The summed E-state index contributed by atoms with van der Waals surface area (Å²) in [6, 6.07) is 5.07. The first kappa shape index (κ1) is 14.7. The first-order valence-electron chi connectivity index (χ1n) is 6.97. The van der Waals surface area contributed by atoms with Crippen LogP contribution >= 0.6 is 0 Å². The quantitative estimate of drug-likeness (QED) is 0.878. The number of hydrogen-bond acceptors (Lipinski definition) is 4. The molecule has 5 heteroatoms. The predicted molar refractivity (Wildman–Crippen MR) is 77.3 cm³/mol. The molecule has 1 aliphatic heterocycles. The zero-order valence-electron chi connectivity index (χ0n) is 12.1. The number of piperidine rings is 1. The molecule has 0 bridgehead atoms. The summed E-state index contributed by atoms with van der Waals surface area (Å²) >= 11 is 0. The second-order valence-electron chi connectivity index (χ2n) is 5.22. The predicted octanol–water partition coefficient (Wildman–Crippen LogP) is 1.61. The number of rotatable bonds is 4. The number of carbonyl (C=O) groups excluding carboxylic acids is 1. The van der Waals surface area contributed by atoms with E-state index in [-0.39, 0.29) is 17.2 Å². The van der Waals surface area contributed by atoms with Crippen LogP contribution in [0.4, 0.5) is 0 Å². The fourth-order valence-electron chi connectivity index (χ4n) is 2.54. The first-order valence-corrected chi connectivity index (χ1v) is 6.97. The number of phenols is 1. The number of likely N-dealkylation sites (N-methyl/N-ethyl adjacent to an activating group) is 1. The molecule has 1 heterocycles. The molecule has 1 atom stereocenters. The fraction of sp³-hybridized carbons (Fsp3) is 0.533. The van der Waals surface area contributed by atoms with Gasteiger partial charge in [0.1, 0.15) is 11.5 Å². The zero-order valence-corrected chi connectivity index (χ0v) is 12.1. The van der Waals surface area contributed by atoms with E-state index in [4.69, 9.17) is 4.74 Å². The summed E-state index contributed by atoms with van der Waals surface area (Å²) in [5, 5.41) is 12.7. The van der Waals surface area contributed by atoms with Crippen molar-refractivity contribution in [3.63, 3.8) is 0 Å². The van der Waals surface area contributed by atoms with Gasteiger partial charge in [0.05, 0.1) is 12.7 Å². The third kappa shape index (κ3) is 3.42. The van der Waals surface area contributed by atoms with Crippen LogP contribution in [0.3, 0.4) is 0 Å². The van der Waals surface area contributed by atoms with Crippen molar-refractivity contribution < 1.29 is 14.6 Å². The van der Waals surface area contributed by atoms with Crippen LogP contribution in [0.15, 0.2) is 18.2 Å². The molecule has 0 saturated carbocycles. The van der Waals surface area contributed by atoms with Crippen LogP contribution in [0, 0.1) is 0 Å². The molecule has 0 radical (unpaired) electrons. The van der Waals surface area contributed by atoms with Gasteiger partial charge in [0.2, 0.25) is 0 Å². The number of likely N-dealkylation sites (tertiary alicyclic amines) is 1. The van der Waals surface area contributed by atoms with E-state index in [2.05, 4.69) is 17.3 Å². The Morgan fingerprint density at radius 3 is 2.95 bits per heavy atom. The maximum atomic E-state index is 12.1. The molecule has 0 aliphatic carbocycles. The molecule has 5 nitrogen and oxygen atoms in total. The second-order valence-corrected chi connectivity index (χ2v) is 5.22. The maximum Gasteiger partial charge on any atom is 0.255 e. The van der Waals surface area contributed by atoms with Crippen molar-refractivity contribution in [1.29, 1.82) is 0 Å². The van der Waals surface area contributed by atoms with Gasteiger partial charge in [-0.05, 0) is 38.6 Å². The molecule has 1 unspecified atom stereocenters. The average Bonchev–Trinajstić information content (AvgIpc) is 2.46. The van der Waals surface area contributed by atoms with Crippen molar-refractivity contribution in [1.82, 2.24) is 10.2 Å². The highest BCUT2D eigenvalue weighted by Gasteiger charge is 2.20. The largest absolute Gasteiger partial charge is 0.507 e. The summed E-state index contributed by atoms with van der Waals surface area (Å²) in [5.41, 5.74) is 0.282. The monoisotopic (exact) mass is 278 g/mol. The van der Waals surface area contributed by atoms with Gasteiger partial charge in [-0.25, -0.2) is 0 Å². The SMILES string of the molecule is COc1ccc(C(=O)NCC2CCCCN2C)c(O)c1. The Kier molecular flexibility index (Phi) is 4.84. The summed E-state index contributed by atoms with van der Waals surface area (Å²) in [6.07, 6.45) is 3.53. The van der Waals surface area contributed by atoms with Gasteiger partial charge < -0.3 is 20.1 Å². The van der Waals surface area contributed by atoms with E-state index >= 15 is 0 Å². The van der Waals surface area contributed by atoms with Crippen molar-refractivity contribution in [3.8, 4) is 11.5 Å². The third-order valence-corrected chi connectivity index (χ3v) is 3.87. The van der Waals surface area contributed by atoms with Crippen LogP contribution in [-0.4, -0.2) is 49.2 Å². The lowest BCUT2D eigenvalue weighted by Gasteiger charge is -2.32. The van der Waals surface area contributed by atoms with Gasteiger partial charge in [-0.3, -0.25) is 4.79 Å². The molecule has 1 fully saturated rings. The van der Waals surface area contributed by atoms with E-state index in [0.717, 1.165) is 13.0 Å². The summed E-state index contributed by atoms with van der Waals surface area (Å²) < 4.78 is 5.00. The van der Waals surface area contributed by atoms with E-state index in [1.165, 1.54) is 26.0 Å². The Labute approximate surface area is 119 Å². The number of amides is 1. The fourth-order valence-corrected chi connectivity index (χ4v) is 2.54. The molecule has 0 spiro atoms. The van der Waals surface area contributed by atoms with E-state index in [1.807, 2.05) is 0 Å². The number of carbonyl (C=O) groups is 1. The maximum absolute atomic E-state index is 12.1. The number of hydrogen-bond donors (Lipinski definition) is 2. The molecule has 1 aromatic carbocycles. The minimum Gasteiger partial charge on any atom is -0.507 e. The van der Waals surface area contributed by atoms with Crippen LogP contribution in [0.1, 0.15) is 29.6 Å². The number of aromatic hydroxyl groups is 1. The Hall–Kier alpha value is -1.75. The molecule has 1 amide bonds. The molecular weight excluding hydrogens is 256 g/mol. The van der Waals surface area contributed by atoms with Crippen molar-refractivity contribution >= 4 is 5.91 Å². The summed E-state index contributed by atoms with van der Waals surface area (Å²) in [4.78, 5) is 14.4. The Balaban J connectivity index is 1.94. The van der Waals surface area contributed by atoms with Gasteiger partial charge >= 0.3 is 0 Å². The zero-order chi connectivity index (χ0) is 14.5. The highest BCUT2D eigenvalue weighted by atomic mass is 16.5. The molecule has 20 heavy (non-hydrogen) atoms. The lowest BCUT2D eigenvalue weighted by molar-refractivity contribution is 0.0926. The Morgan fingerprint density at radius 1 is 1.50 bits per heavy atom. The second kappa shape index (κ2) is 6.61. The smallest absolute Gasteiger partial charge is 0.255 e. The minimum absolute atomic E-state index is 0.0566. The average molecular weight is 278 g/mol. The standard InChI is InChI=1S/C15H22N2O3/c1-17-8-4-3-5-11(17)10-16-15(19)13-7-6-12(20-2)9-14(13)18/h6-7,9,11,18H,3-5,8,10H2,1-2H3,(H,16,19). The molecule has 1 saturated heterocycles. The highest BCUT2D eigenvalue weighted by Crippen LogP contribution is 2.23. The molecule has 0 aromatic heterocycles. The summed E-state index contributed by atoms with van der Waals surface area (Å²) in [5.74, 6) is 0.231. The van der Waals surface area contributed by atoms with E-state index in [1.54, 1.807) is 12.1 Å². The number of nitrogens with zero attached hydrogens (tertiary/aromatic N) is 1. The third-order valence-electron chi connectivity index (χ3n) is 3.87. The van der Waals surface area contributed by atoms with Gasteiger partial charge in [-0.2, -0.15) is 0 Å². The van der Waals surface area contributed by atoms with Gasteiger partial charge in [0.15, 0.2) is 0 Å². The van der Waals surface area contributed by atoms with Crippen LogP contribution in [-0.2, 0) is 0 Å². The number of methoxy groups -OCH3 is 1. The molecule has 110 valence electrons. The molecule has 1 aliphatic rings. The number of nitrogens with one attached hydrogen (secondary N) is 1. The lowest BCUT2D eigenvalue weighted by Crippen LogP contribution is -2.44. The van der Waals surface area contributed by atoms with Crippen LogP contribution in [0.25, 0.3) is 0 Å². The number of benzene rings is 1. The Bertz CT molecular complexity index is 476. The number of phenolic OH excluding ortho intramolecular Hbond substituents is 1. The van der Waals surface area contributed by atoms with Crippen molar-refractivity contribution in [2.45, 2.75) is 25.3 Å². The Morgan fingerprint density at radius 2 is 2.30 bits per heavy atom. The van der Waals surface area contributed by atoms with E-state index in [0.29, 0.717) is 18.3 Å². The van der Waals surface area contributed by atoms with E-state index in [9.17, 15) is 9.90 Å². The minimum atomic E-state index is -0.246. The van der Waals surface area contributed by atoms with Crippen molar-refractivity contribution in [2.24, 2.45) is 0 Å². The summed E-state index contributed by atoms with van der Waals surface area (Å²) in [6.45, 7) is 1.69. The van der Waals surface area contributed by atoms with Gasteiger partial charge in [-0.15, -0.1) is 0 Å². The van der Waals surface area contributed by atoms with E-state index < -0.39 is 0 Å². The van der Waals surface area contributed by atoms with Crippen molar-refractivity contribution in [2.75, 3.05) is 27.2 Å². The first-order chi connectivity index (χ1) is 9.61. The highest BCUT2D eigenvalue weighted by molar-refractivity contribution is 5.97. The molecule has 2 rings (SSSR count). The topological polar surface area (TPSA) is 61.8 Å².